The van der Waals surface area contributed by atoms with Crippen LogP contribution in [0.3, 0.4) is 0 Å². The number of amides is 2. The van der Waals surface area contributed by atoms with E-state index < -0.39 is 48.1 Å². The van der Waals surface area contributed by atoms with E-state index in [0.29, 0.717) is 6.42 Å². The highest BCUT2D eigenvalue weighted by atomic mass is 19.4. The van der Waals surface area contributed by atoms with Crippen LogP contribution in [0.1, 0.15) is 65.8 Å². The topological polar surface area (TPSA) is 108 Å². The molecule has 0 saturated heterocycles. The molecule has 2 aromatic rings. The first-order chi connectivity index (χ1) is 16.3. The average Bonchev–Trinajstić information content (AvgIpc) is 3.06. The molecule has 0 bridgehead atoms. The summed E-state index contributed by atoms with van der Waals surface area (Å²) in [6.45, 7) is 3.35. The van der Waals surface area contributed by atoms with E-state index in [4.69, 9.17) is 5.73 Å². The first-order valence-electron chi connectivity index (χ1n) is 11.3. The lowest BCUT2D eigenvalue weighted by Gasteiger charge is -2.38. The molecule has 0 saturated carbocycles. The number of aliphatic imine (C=N–C) groups is 1. The second kappa shape index (κ2) is 8.99. The number of alkyl halides is 3. The molecule has 1 aliphatic heterocycles. The van der Waals surface area contributed by atoms with E-state index in [-0.39, 0.29) is 23.5 Å². The highest BCUT2D eigenvalue weighted by Gasteiger charge is 2.42. The van der Waals surface area contributed by atoms with Gasteiger partial charge in [-0.15, -0.1) is 0 Å². The van der Waals surface area contributed by atoms with Crippen molar-refractivity contribution in [2.24, 2.45) is 10.7 Å². The van der Waals surface area contributed by atoms with Crippen LogP contribution in [0.2, 0.25) is 0 Å². The minimum Gasteiger partial charge on any atom is -0.390 e. The molecule has 10 heteroatoms. The number of rotatable bonds is 5. The SMILES string of the molecule is CC1(C)CC(=O)N(C(CC(F)(F)F)c2cccc(C(=O)N[C@@H]3c4ccccc4C[C@H]3O)c2)C(N)=N1. The summed E-state index contributed by atoms with van der Waals surface area (Å²) >= 11 is 0. The number of fused-ring (bicyclic) bond motifs is 1. The predicted molar refractivity (Wildman–Crippen MR) is 123 cm³/mol. The van der Waals surface area contributed by atoms with Gasteiger partial charge in [-0.25, -0.2) is 4.99 Å². The fourth-order valence-corrected chi connectivity index (χ4v) is 4.76. The molecule has 0 aromatic heterocycles. The Labute approximate surface area is 200 Å². The van der Waals surface area contributed by atoms with Gasteiger partial charge in [-0.05, 0) is 42.7 Å². The number of aliphatic hydroxyl groups is 1. The number of hydrogen-bond acceptors (Lipinski definition) is 5. The standard InChI is InChI=1S/C25H27F3N4O3/c1-24(2)13-20(34)32(23(29)31-24)18(12-25(26,27)28)15-7-5-8-16(10-15)22(35)30-21-17-9-4-3-6-14(17)11-19(21)33/h3-10,18-19,21,33H,11-13H2,1-2H3,(H2,29,31)(H,30,35)/t18?,19-,21-/m1/s1. The van der Waals surface area contributed by atoms with Crippen LogP contribution in [-0.4, -0.2) is 45.6 Å². The molecule has 0 spiro atoms. The number of carbonyl (C=O) groups is 2. The molecule has 3 atom stereocenters. The van der Waals surface area contributed by atoms with Crippen LogP contribution >= 0.6 is 0 Å². The highest BCUT2D eigenvalue weighted by molar-refractivity contribution is 5.99. The Kier molecular flexibility index (Phi) is 6.35. The summed E-state index contributed by atoms with van der Waals surface area (Å²) in [5.74, 6) is -1.41. The van der Waals surface area contributed by atoms with Crippen LogP contribution in [-0.2, 0) is 11.2 Å². The van der Waals surface area contributed by atoms with Crippen molar-refractivity contribution < 1.29 is 27.9 Å². The van der Waals surface area contributed by atoms with Gasteiger partial charge in [-0.3, -0.25) is 14.5 Å². The number of nitrogens with one attached hydrogen (secondary N) is 1. The summed E-state index contributed by atoms with van der Waals surface area (Å²) in [4.78, 5) is 30.9. The van der Waals surface area contributed by atoms with Gasteiger partial charge in [0.2, 0.25) is 5.91 Å². The first-order valence-corrected chi connectivity index (χ1v) is 11.3. The molecule has 4 rings (SSSR count). The number of hydrogen-bond donors (Lipinski definition) is 3. The van der Waals surface area contributed by atoms with E-state index in [1.807, 2.05) is 18.2 Å². The molecule has 2 aromatic carbocycles. The highest BCUT2D eigenvalue weighted by Crippen LogP contribution is 2.37. The molecule has 1 unspecified atom stereocenters. The van der Waals surface area contributed by atoms with E-state index in [1.54, 1.807) is 19.9 Å². The third kappa shape index (κ3) is 5.32. The molecule has 0 fully saturated rings. The zero-order valence-corrected chi connectivity index (χ0v) is 19.3. The van der Waals surface area contributed by atoms with Crippen LogP contribution in [0.5, 0.6) is 0 Å². The second-order valence-corrected chi connectivity index (χ2v) is 9.60. The smallest absolute Gasteiger partial charge is 0.390 e. The Morgan fingerprint density at radius 3 is 2.66 bits per heavy atom. The molecular formula is C25H27F3N4O3. The zero-order chi connectivity index (χ0) is 25.5. The number of nitrogens with zero attached hydrogens (tertiary/aromatic N) is 2. The molecule has 186 valence electrons. The Balaban J connectivity index is 1.64. The van der Waals surface area contributed by atoms with Crippen LogP contribution in [0.4, 0.5) is 13.2 Å². The van der Waals surface area contributed by atoms with Crippen LogP contribution in [0, 0.1) is 0 Å². The van der Waals surface area contributed by atoms with Crippen molar-refractivity contribution in [2.45, 2.75) is 63.0 Å². The average molecular weight is 489 g/mol. The predicted octanol–water partition coefficient (Wildman–Crippen LogP) is 3.39. The maximum absolute atomic E-state index is 13.5. The number of aliphatic hydroxyl groups excluding tert-OH is 1. The summed E-state index contributed by atoms with van der Waals surface area (Å²) in [6, 6.07) is 10.9. The summed E-state index contributed by atoms with van der Waals surface area (Å²) in [5.41, 5.74) is 7.06. The molecule has 1 aliphatic carbocycles. The van der Waals surface area contributed by atoms with Crippen molar-refractivity contribution >= 4 is 17.8 Å². The fourth-order valence-electron chi connectivity index (χ4n) is 4.76. The van der Waals surface area contributed by atoms with Crippen molar-refractivity contribution in [3.05, 3.63) is 70.8 Å². The molecule has 4 N–H and O–H groups in total. The normalized spacial score (nSPS) is 22.4. The Hall–Kier alpha value is -3.40. The largest absolute Gasteiger partial charge is 0.391 e. The zero-order valence-electron chi connectivity index (χ0n) is 19.3. The van der Waals surface area contributed by atoms with Gasteiger partial charge in [0.1, 0.15) is 0 Å². The summed E-state index contributed by atoms with van der Waals surface area (Å²) in [5, 5.41) is 13.2. The maximum atomic E-state index is 13.5. The van der Waals surface area contributed by atoms with Gasteiger partial charge < -0.3 is 16.2 Å². The number of benzene rings is 2. The van der Waals surface area contributed by atoms with E-state index in [2.05, 4.69) is 10.3 Å². The fraction of sp³-hybridized carbons (Fsp3) is 0.400. The van der Waals surface area contributed by atoms with E-state index in [0.717, 1.165) is 16.0 Å². The minimum absolute atomic E-state index is 0.0960. The quantitative estimate of drug-likeness (QED) is 0.600. The van der Waals surface area contributed by atoms with Crippen molar-refractivity contribution in [3.63, 3.8) is 0 Å². The second-order valence-electron chi connectivity index (χ2n) is 9.60. The Morgan fingerprint density at radius 1 is 1.26 bits per heavy atom. The van der Waals surface area contributed by atoms with E-state index >= 15 is 0 Å². The molecule has 2 amide bonds. The Bertz CT molecular complexity index is 1180. The maximum Gasteiger partial charge on any atom is 0.391 e. The number of carbonyl (C=O) groups excluding carboxylic acids is 2. The third-order valence-electron chi connectivity index (χ3n) is 6.28. The number of guanidine groups is 1. The van der Waals surface area contributed by atoms with E-state index in [1.165, 1.54) is 24.3 Å². The van der Waals surface area contributed by atoms with Crippen LogP contribution < -0.4 is 11.1 Å². The molecule has 2 aliphatic rings. The van der Waals surface area contributed by atoms with Gasteiger partial charge in [-0.1, -0.05) is 36.4 Å². The van der Waals surface area contributed by atoms with Gasteiger partial charge in [-0.2, -0.15) is 13.2 Å². The van der Waals surface area contributed by atoms with Gasteiger partial charge in [0, 0.05) is 12.0 Å². The lowest BCUT2D eigenvalue weighted by Crippen LogP contribution is -2.52. The van der Waals surface area contributed by atoms with Crippen molar-refractivity contribution in [1.82, 2.24) is 10.2 Å². The molecule has 1 heterocycles. The molecule has 35 heavy (non-hydrogen) atoms. The monoisotopic (exact) mass is 488 g/mol. The van der Waals surface area contributed by atoms with Crippen molar-refractivity contribution in [3.8, 4) is 0 Å². The minimum atomic E-state index is -4.60. The number of nitrogens with two attached hydrogens (primary N) is 1. The lowest BCUT2D eigenvalue weighted by atomic mass is 9.94. The molecular weight excluding hydrogens is 461 g/mol. The van der Waals surface area contributed by atoms with Gasteiger partial charge in [0.25, 0.3) is 5.91 Å². The van der Waals surface area contributed by atoms with Crippen molar-refractivity contribution in [2.75, 3.05) is 0 Å². The van der Waals surface area contributed by atoms with Gasteiger partial charge in [0.05, 0.1) is 36.6 Å². The van der Waals surface area contributed by atoms with Gasteiger partial charge >= 0.3 is 6.18 Å². The number of halogens is 3. The summed E-state index contributed by atoms with van der Waals surface area (Å²) in [6.07, 6.45) is -6.48. The van der Waals surface area contributed by atoms with Crippen LogP contribution in [0.15, 0.2) is 53.5 Å². The van der Waals surface area contributed by atoms with Crippen LogP contribution in [0.25, 0.3) is 0 Å². The Morgan fingerprint density at radius 2 is 1.97 bits per heavy atom. The molecule has 0 radical (unpaired) electrons. The summed E-state index contributed by atoms with van der Waals surface area (Å²) in [7, 11) is 0. The van der Waals surface area contributed by atoms with E-state index in [9.17, 15) is 27.9 Å². The molecule has 7 nitrogen and oxygen atoms in total. The van der Waals surface area contributed by atoms with Crippen molar-refractivity contribution in [1.29, 1.82) is 0 Å². The van der Waals surface area contributed by atoms with Gasteiger partial charge in [0.15, 0.2) is 5.96 Å². The summed E-state index contributed by atoms with van der Waals surface area (Å²) < 4.78 is 40.6. The lowest BCUT2D eigenvalue weighted by molar-refractivity contribution is -0.151. The first kappa shape index (κ1) is 24.7. The third-order valence-corrected chi connectivity index (χ3v) is 6.28.